The molecule has 0 aromatic heterocycles. The summed E-state index contributed by atoms with van der Waals surface area (Å²) < 4.78 is 5.47. The molecule has 0 saturated heterocycles. The molecule has 0 rings (SSSR count). The molecule has 3 N–H and O–H groups in total. The van der Waals surface area contributed by atoms with Crippen molar-refractivity contribution >= 4 is 11.9 Å². The molecule has 6 heteroatoms. The second-order valence-corrected chi connectivity index (χ2v) is 21.7. The standard InChI is InChI=1S/C64H123NO5/c1-3-5-7-9-11-13-15-32-36-40-44-48-52-56-62(67)61(60-66)65-63(68)57-53-49-45-41-37-34-30-28-26-24-22-20-18-17-19-21-23-25-27-29-31-35-39-43-47-51-55-59-70-64(69)58-54-50-46-42-38-33-16-14-12-10-8-6-4-2/h8,10,14,16,61-62,66-67H,3-7,9,11-13,15,17-60H2,1-2H3,(H,65,68)/b10-8-,16-14-. The minimum atomic E-state index is -0.661. The first kappa shape index (κ1) is 68.3. The van der Waals surface area contributed by atoms with Crippen LogP contribution < -0.4 is 5.32 Å². The van der Waals surface area contributed by atoms with Crippen LogP contribution in [0.5, 0.6) is 0 Å². The van der Waals surface area contributed by atoms with E-state index >= 15 is 0 Å². The van der Waals surface area contributed by atoms with Crippen LogP contribution in [0.2, 0.25) is 0 Å². The van der Waals surface area contributed by atoms with Crippen LogP contribution in [0.3, 0.4) is 0 Å². The zero-order valence-electron chi connectivity index (χ0n) is 47.3. The monoisotopic (exact) mass is 986 g/mol. The summed E-state index contributed by atoms with van der Waals surface area (Å²) in [7, 11) is 0. The predicted molar refractivity (Wildman–Crippen MR) is 306 cm³/mol. The van der Waals surface area contributed by atoms with Crippen LogP contribution in [-0.4, -0.2) is 47.4 Å². The van der Waals surface area contributed by atoms with Crippen LogP contribution in [0.25, 0.3) is 0 Å². The fraction of sp³-hybridized carbons (Fsp3) is 0.906. The Morgan fingerprint density at radius 3 is 1.14 bits per heavy atom. The molecule has 2 unspecified atom stereocenters. The Balaban J connectivity index is 3.34. The molecule has 0 aliphatic rings. The SMILES string of the molecule is CCC/C=C\C/C=C\CCCCCCCC(=O)OCCCCCCCCCCCCCCCCCCCCCCCCCCCCCC(=O)NC(CO)C(O)CCCCCCCCCCCCCCC. The summed E-state index contributed by atoms with van der Waals surface area (Å²) in [4.78, 5) is 24.5. The van der Waals surface area contributed by atoms with E-state index in [2.05, 4.69) is 43.5 Å². The Bertz CT molecular complexity index is 1090. The molecule has 1 amide bonds. The molecule has 70 heavy (non-hydrogen) atoms. The number of nitrogens with one attached hydrogen (secondary N) is 1. The summed E-state index contributed by atoms with van der Waals surface area (Å²) in [5.41, 5.74) is 0. The van der Waals surface area contributed by atoms with Gasteiger partial charge in [-0.1, -0.05) is 308 Å². The summed E-state index contributed by atoms with van der Waals surface area (Å²) in [6.45, 7) is 4.90. The molecule has 0 aliphatic carbocycles. The highest BCUT2D eigenvalue weighted by Crippen LogP contribution is 2.18. The molecule has 0 aliphatic heterocycles. The first-order chi connectivity index (χ1) is 34.5. The van der Waals surface area contributed by atoms with Crippen LogP contribution >= 0.6 is 0 Å². The van der Waals surface area contributed by atoms with E-state index in [1.807, 2.05) is 0 Å². The maximum absolute atomic E-state index is 12.5. The number of allylic oxidation sites excluding steroid dienone is 4. The third-order valence-electron chi connectivity index (χ3n) is 14.7. The van der Waals surface area contributed by atoms with Gasteiger partial charge in [0.25, 0.3) is 0 Å². The van der Waals surface area contributed by atoms with E-state index in [1.165, 1.54) is 263 Å². The van der Waals surface area contributed by atoms with Gasteiger partial charge in [-0.15, -0.1) is 0 Å². The predicted octanol–water partition coefficient (Wildman–Crippen LogP) is 19.8. The maximum atomic E-state index is 12.5. The molecule has 0 saturated carbocycles. The van der Waals surface area contributed by atoms with Gasteiger partial charge in [0, 0.05) is 12.8 Å². The number of carbonyl (C=O) groups excluding carboxylic acids is 2. The minimum Gasteiger partial charge on any atom is -0.466 e. The number of carbonyl (C=O) groups is 2. The summed E-state index contributed by atoms with van der Waals surface area (Å²) in [6, 6.07) is -0.538. The lowest BCUT2D eigenvalue weighted by molar-refractivity contribution is -0.143. The molecule has 0 aromatic carbocycles. The first-order valence-electron chi connectivity index (χ1n) is 31.6. The van der Waals surface area contributed by atoms with E-state index in [0.717, 1.165) is 51.4 Å². The zero-order chi connectivity index (χ0) is 50.7. The van der Waals surface area contributed by atoms with Crippen molar-refractivity contribution in [3.8, 4) is 0 Å². The van der Waals surface area contributed by atoms with Gasteiger partial charge in [0.1, 0.15) is 0 Å². The van der Waals surface area contributed by atoms with Crippen molar-refractivity contribution in [1.29, 1.82) is 0 Å². The van der Waals surface area contributed by atoms with E-state index in [-0.39, 0.29) is 18.5 Å². The van der Waals surface area contributed by atoms with Crippen molar-refractivity contribution in [3.05, 3.63) is 24.3 Å². The Morgan fingerprint density at radius 2 is 0.743 bits per heavy atom. The molecule has 0 fully saturated rings. The smallest absolute Gasteiger partial charge is 0.305 e. The number of esters is 1. The van der Waals surface area contributed by atoms with Crippen molar-refractivity contribution in [2.75, 3.05) is 13.2 Å². The average molecular weight is 987 g/mol. The van der Waals surface area contributed by atoms with Crippen LogP contribution in [0.4, 0.5) is 0 Å². The van der Waals surface area contributed by atoms with Gasteiger partial charge in [-0.05, 0) is 51.4 Å². The molecule has 6 nitrogen and oxygen atoms in total. The molecule has 0 heterocycles. The first-order valence-corrected chi connectivity index (χ1v) is 31.6. The zero-order valence-corrected chi connectivity index (χ0v) is 47.3. The van der Waals surface area contributed by atoms with Crippen LogP contribution in [0.15, 0.2) is 24.3 Å². The number of hydrogen-bond donors (Lipinski definition) is 3. The van der Waals surface area contributed by atoms with E-state index in [0.29, 0.717) is 25.9 Å². The Morgan fingerprint density at radius 1 is 0.400 bits per heavy atom. The highest BCUT2D eigenvalue weighted by molar-refractivity contribution is 5.76. The van der Waals surface area contributed by atoms with E-state index in [1.54, 1.807) is 0 Å². The minimum absolute atomic E-state index is 0.00291. The largest absolute Gasteiger partial charge is 0.466 e. The number of hydrogen-bond acceptors (Lipinski definition) is 5. The highest BCUT2D eigenvalue weighted by atomic mass is 16.5. The fourth-order valence-electron chi connectivity index (χ4n) is 9.92. The van der Waals surface area contributed by atoms with Gasteiger partial charge in [0.05, 0.1) is 25.4 Å². The molecular formula is C64H123NO5. The molecule has 0 bridgehead atoms. The number of aliphatic hydroxyl groups excluding tert-OH is 2. The van der Waals surface area contributed by atoms with Gasteiger partial charge in [0.2, 0.25) is 5.91 Å². The lowest BCUT2D eigenvalue weighted by Crippen LogP contribution is -2.45. The van der Waals surface area contributed by atoms with Gasteiger partial charge < -0.3 is 20.3 Å². The fourth-order valence-corrected chi connectivity index (χ4v) is 9.92. The van der Waals surface area contributed by atoms with Gasteiger partial charge in [-0.3, -0.25) is 9.59 Å². The van der Waals surface area contributed by atoms with Crippen LogP contribution in [0, 0.1) is 0 Å². The number of ether oxygens (including phenoxy) is 1. The molecule has 2 atom stereocenters. The summed E-state index contributed by atoms with van der Waals surface area (Å²) in [6.07, 6.45) is 73.4. The summed E-state index contributed by atoms with van der Waals surface area (Å²) >= 11 is 0. The topological polar surface area (TPSA) is 95.9 Å². The van der Waals surface area contributed by atoms with Gasteiger partial charge in [0.15, 0.2) is 0 Å². The average Bonchev–Trinajstić information content (AvgIpc) is 3.36. The normalized spacial score (nSPS) is 12.7. The molecule has 0 aromatic rings. The summed E-state index contributed by atoms with van der Waals surface area (Å²) in [5.74, 6) is -0.0280. The van der Waals surface area contributed by atoms with Crippen molar-refractivity contribution < 1.29 is 24.5 Å². The van der Waals surface area contributed by atoms with Gasteiger partial charge in [-0.25, -0.2) is 0 Å². The highest BCUT2D eigenvalue weighted by Gasteiger charge is 2.20. The Labute approximate surface area is 437 Å². The Kier molecular flexibility index (Phi) is 58.5. The summed E-state index contributed by atoms with van der Waals surface area (Å²) in [5, 5.41) is 23.3. The lowest BCUT2D eigenvalue weighted by atomic mass is 10.0. The molecular weight excluding hydrogens is 863 g/mol. The third-order valence-corrected chi connectivity index (χ3v) is 14.7. The number of rotatable bonds is 59. The van der Waals surface area contributed by atoms with E-state index in [9.17, 15) is 19.8 Å². The van der Waals surface area contributed by atoms with E-state index < -0.39 is 12.1 Å². The maximum Gasteiger partial charge on any atom is 0.305 e. The lowest BCUT2D eigenvalue weighted by Gasteiger charge is -2.22. The second-order valence-electron chi connectivity index (χ2n) is 21.7. The Hall–Kier alpha value is -1.66. The molecule has 414 valence electrons. The number of aliphatic hydroxyl groups is 2. The van der Waals surface area contributed by atoms with Gasteiger partial charge >= 0.3 is 5.97 Å². The van der Waals surface area contributed by atoms with Crippen molar-refractivity contribution in [2.45, 2.75) is 360 Å². The van der Waals surface area contributed by atoms with E-state index in [4.69, 9.17) is 4.74 Å². The van der Waals surface area contributed by atoms with Crippen molar-refractivity contribution in [2.24, 2.45) is 0 Å². The van der Waals surface area contributed by atoms with Gasteiger partial charge in [-0.2, -0.15) is 0 Å². The third kappa shape index (κ3) is 55.7. The molecule has 0 radical (unpaired) electrons. The van der Waals surface area contributed by atoms with Crippen molar-refractivity contribution in [3.63, 3.8) is 0 Å². The van der Waals surface area contributed by atoms with Crippen LogP contribution in [0.1, 0.15) is 348 Å². The van der Waals surface area contributed by atoms with Crippen molar-refractivity contribution in [1.82, 2.24) is 5.32 Å². The molecule has 0 spiro atoms. The number of amides is 1. The second kappa shape index (κ2) is 59.9. The number of unbranched alkanes of at least 4 members (excludes halogenated alkanes) is 44. The van der Waals surface area contributed by atoms with Crippen LogP contribution in [-0.2, 0) is 14.3 Å². The quantitative estimate of drug-likeness (QED) is 0.0321.